The minimum Gasteiger partial charge on any atom is -0.394 e. The topological polar surface area (TPSA) is 190 Å². The number of hydrogen-bond donors (Lipinski definition) is 8. The molecule has 10 atom stereocenters. The van der Waals surface area contributed by atoms with Crippen LogP contribution in [0, 0.1) is 0 Å². The molecule has 0 aromatic rings. The summed E-state index contributed by atoms with van der Waals surface area (Å²) in [6.45, 7) is -1.10. The molecule has 8 N–H and O–H groups in total. The smallest absolute Gasteiger partial charge is 0.186 e. The molecule has 2 aliphatic rings. The molecule has 2 rings (SSSR count). The number of hydrogen-bond acceptors (Lipinski definition) is 11. The summed E-state index contributed by atoms with van der Waals surface area (Å²) in [5.41, 5.74) is 0. The van der Waals surface area contributed by atoms with Crippen molar-refractivity contribution in [2.24, 2.45) is 0 Å². The zero-order valence-corrected chi connectivity index (χ0v) is 12.0. The molecule has 0 aromatic carbocycles. The SMILES string of the molecule is OC[C@H]1O[C@@H](OC[C@@H]2O[C@H](O)[C@@H](O)[C@H](O)[C@H]2O)[C@@H](O)[C@H](O)[C@H]1O. The second-order valence-corrected chi connectivity index (χ2v) is 5.57. The molecule has 2 aliphatic heterocycles. The molecular weight excluding hydrogens is 320 g/mol. The Morgan fingerprint density at radius 1 is 0.652 bits per heavy atom. The molecule has 0 unspecified atom stereocenters. The van der Waals surface area contributed by atoms with E-state index in [0.717, 1.165) is 0 Å². The summed E-state index contributed by atoms with van der Waals surface area (Å²) in [6, 6.07) is 0. The molecule has 2 saturated heterocycles. The van der Waals surface area contributed by atoms with Gasteiger partial charge in [-0.2, -0.15) is 0 Å². The molecule has 11 heteroatoms. The van der Waals surface area contributed by atoms with E-state index in [-0.39, 0.29) is 0 Å². The Kier molecular flexibility index (Phi) is 6.27. The Labute approximate surface area is 130 Å². The average Bonchev–Trinajstić information content (AvgIpc) is 2.54. The van der Waals surface area contributed by atoms with Gasteiger partial charge in [0.15, 0.2) is 12.6 Å². The van der Waals surface area contributed by atoms with E-state index in [1.807, 2.05) is 0 Å². The minimum atomic E-state index is -1.74. The first kappa shape index (κ1) is 18.9. The summed E-state index contributed by atoms with van der Waals surface area (Å²) in [5.74, 6) is 0. The van der Waals surface area contributed by atoms with E-state index in [4.69, 9.17) is 19.3 Å². The lowest BCUT2D eigenvalue weighted by Crippen LogP contribution is -2.61. The highest BCUT2D eigenvalue weighted by atomic mass is 16.7. The fourth-order valence-corrected chi connectivity index (χ4v) is 2.46. The van der Waals surface area contributed by atoms with Crippen molar-refractivity contribution in [3.8, 4) is 0 Å². The van der Waals surface area contributed by atoms with Crippen molar-refractivity contribution in [2.45, 2.75) is 61.4 Å². The van der Waals surface area contributed by atoms with Crippen LogP contribution in [0.2, 0.25) is 0 Å². The first-order chi connectivity index (χ1) is 10.8. The van der Waals surface area contributed by atoms with Crippen molar-refractivity contribution in [3.63, 3.8) is 0 Å². The minimum absolute atomic E-state index is 0.468. The quantitative estimate of drug-likeness (QED) is 0.243. The Hall–Kier alpha value is -0.440. The Bertz CT molecular complexity index is 380. The normalized spacial score (nSPS) is 51.7. The molecule has 0 aromatic heterocycles. The molecule has 0 radical (unpaired) electrons. The van der Waals surface area contributed by atoms with Crippen LogP contribution in [0.3, 0.4) is 0 Å². The lowest BCUT2D eigenvalue weighted by molar-refractivity contribution is -0.325. The molecule has 0 saturated carbocycles. The fourth-order valence-electron chi connectivity index (χ4n) is 2.46. The van der Waals surface area contributed by atoms with E-state index in [2.05, 4.69) is 0 Å². The number of aliphatic hydroxyl groups excluding tert-OH is 8. The van der Waals surface area contributed by atoms with Crippen LogP contribution < -0.4 is 0 Å². The lowest BCUT2D eigenvalue weighted by Gasteiger charge is -2.41. The van der Waals surface area contributed by atoms with E-state index in [0.29, 0.717) is 0 Å². The van der Waals surface area contributed by atoms with E-state index >= 15 is 0 Å². The van der Waals surface area contributed by atoms with Gasteiger partial charge in [0.1, 0.15) is 48.8 Å². The number of ether oxygens (including phenoxy) is 3. The van der Waals surface area contributed by atoms with Crippen molar-refractivity contribution in [1.29, 1.82) is 0 Å². The zero-order chi connectivity index (χ0) is 17.3. The Morgan fingerprint density at radius 3 is 1.83 bits per heavy atom. The van der Waals surface area contributed by atoms with Crippen LogP contribution in [-0.2, 0) is 14.2 Å². The van der Waals surface area contributed by atoms with Gasteiger partial charge in [0, 0.05) is 0 Å². The summed E-state index contributed by atoms with van der Waals surface area (Å²) < 4.78 is 15.1. The maximum Gasteiger partial charge on any atom is 0.186 e. The highest BCUT2D eigenvalue weighted by molar-refractivity contribution is 4.91. The maximum atomic E-state index is 9.78. The predicted octanol–water partition coefficient (Wildman–Crippen LogP) is -5.40. The third-order valence-corrected chi connectivity index (χ3v) is 3.96. The van der Waals surface area contributed by atoms with Crippen molar-refractivity contribution in [2.75, 3.05) is 13.2 Å². The van der Waals surface area contributed by atoms with E-state index in [1.54, 1.807) is 0 Å². The summed E-state index contributed by atoms with van der Waals surface area (Å²) >= 11 is 0. The van der Waals surface area contributed by atoms with E-state index < -0.39 is 74.6 Å². The Morgan fingerprint density at radius 2 is 1.22 bits per heavy atom. The summed E-state index contributed by atoms with van der Waals surface area (Å²) in [5, 5.41) is 76.1. The largest absolute Gasteiger partial charge is 0.394 e. The number of aliphatic hydroxyl groups is 8. The standard InChI is InChI=1S/C12H22O11/c13-1-3-5(14)8(17)10(19)12(23-3)21-2-4-6(15)7(16)9(18)11(20)22-4/h3-20H,1-2H2/t3-,4+,5+,6+,7-,8-,9+,10+,11+,12-/m1/s1. The third kappa shape index (κ3) is 3.81. The Balaban J connectivity index is 1.94. The average molecular weight is 342 g/mol. The highest BCUT2D eigenvalue weighted by Gasteiger charge is 2.46. The van der Waals surface area contributed by atoms with Gasteiger partial charge in [-0.15, -0.1) is 0 Å². The van der Waals surface area contributed by atoms with Crippen LogP contribution in [-0.4, -0.2) is 115 Å². The molecule has 0 amide bonds. The summed E-state index contributed by atoms with van der Waals surface area (Å²) in [4.78, 5) is 0. The number of rotatable bonds is 4. The third-order valence-electron chi connectivity index (χ3n) is 3.96. The second kappa shape index (κ2) is 7.63. The predicted molar refractivity (Wildman–Crippen MR) is 68.6 cm³/mol. The van der Waals surface area contributed by atoms with Gasteiger partial charge in [-0.25, -0.2) is 0 Å². The van der Waals surface area contributed by atoms with Gasteiger partial charge < -0.3 is 55.1 Å². The summed E-state index contributed by atoms with van der Waals surface area (Å²) in [7, 11) is 0. The fraction of sp³-hybridized carbons (Fsp3) is 1.00. The van der Waals surface area contributed by atoms with Gasteiger partial charge in [0.05, 0.1) is 13.2 Å². The molecule has 0 bridgehead atoms. The molecule has 2 fully saturated rings. The molecule has 0 spiro atoms. The monoisotopic (exact) mass is 342 g/mol. The van der Waals surface area contributed by atoms with Crippen LogP contribution in [0.5, 0.6) is 0 Å². The van der Waals surface area contributed by atoms with Gasteiger partial charge in [-0.1, -0.05) is 0 Å². The van der Waals surface area contributed by atoms with Crippen molar-refractivity contribution in [3.05, 3.63) is 0 Å². The zero-order valence-electron chi connectivity index (χ0n) is 12.0. The van der Waals surface area contributed by atoms with Crippen LogP contribution in [0.1, 0.15) is 0 Å². The molecule has 136 valence electrons. The first-order valence-corrected chi connectivity index (χ1v) is 7.07. The van der Waals surface area contributed by atoms with Crippen LogP contribution in [0.4, 0.5) is 0 Å². The van der Waals surface area contributed by atoms with Crippen molar-refractivity contribution < 1.29 is 55.1 Å². The van der Waals surface area contributed by atoms with Crippen LogP contribution in [0.25, 0.3) is 0 Å². The first-order valence-electron chi connectivity index (χ1n) is 7.07. The molecule has 23 heavy (non-hydrogen) atoms. The maximum absolute atomic E-state index is 9.78. The van der Waals surface area contributed by atoms with Gasteiger partial charge in [0.2, 0.25) is 0 Å². The van der Waals surface area contributed by atoms with E-state index in [9.17, 15) is 35.7 Å². The lowest BCUT2D eigenvalue weighted by atomic mass is 9.98. The van der Waals surface area contributed by atoms with Gasteiger partial charge >= 0.3 is 0 Å². The highest BCUT2D eigenvalue weighted by Crippen LogP contribution is 2.24. The molecular formula is C12H22O11. The second-order valence-electron chi connectivity index (χ2n) is 5.57. The van der Waals surface area contributed by atoms with Crippen molar-refractivity contribution in [1.82, 2.24) is 0 Å². The van der Waals surface area contributed by atoms with Crippen molar-refractivity contribution >= 4 is 0 Å². The molecule has 0 aliphatic carbocycles. The van der Waals surface area contributed by atoms with Gasteiger partial charge in [-0.3, -0.25) is 0 Å². The van der Waals surface area contributed by atoms with Crippen LogP contribution in [0.15, 0.2) is 0 Å². The van der Waals surface area contributed by atoms with Crippen LogP contribution >= 0.6 is 0 Å². The van der Waals surface area contributed by atoms with E-state index in [1.165, 1.54) is 0 Å². The molecule has 2 heterocycles. The molecule has 11 nitrogen and oxygen atoms in total. The van der Waals surface area contributed by atoms with Gasteiger partial charge in [0.25, 0.3) is 0 Å². The van der Waals surface area contributed by atoms with Gasteiger partial charge in [-0.05, 0) is 0 Å². The summed E-state index contributed by atoms with van der Waals surface area (Å²) in [6.07, 6.45) is -15.3.